The van der Waals surface area contributed by atoms with Crippen LogP contribution in [-0.2, 0) is 0 Å². The van der Waals surface area contributed by atoms with Crippen LogP contribution in [0.1, 0.15) is 16.8 Å². The Morgan fingerprint density at radius 1 is 1.13 bits per heavy atom. The number of hydrogen-bond donors (Lipinski definition) is 0. The largest absolute Gasteiger partial charge is 0.354 e. The molecule has 0 spiro atoms. The first-order valence-electron chi connectivity index (χ1n) is 3.89. The molecule has 0 atom stereocenters. The van der Waals surface area contributed by atoms with Crippen molar-refractivity contribution >= 4 is 22.9 Å². The molecule has 0 amide bonds. The first-order valence-corrected chi connectivity index (χ1v) is 6.09. The molecule has 5 nitrogen and oxygen atoms in total. The first-order chi connectivity index (χ1) is 6.63. The van der Waals surface area contributed by atoms with Crippen LogP contribution in [0.25, 0.3) is 0 Å². The molecule has 1 rings (SSSR count). The van der Waals surface area contributed by atoms with E-state index in [2.05, 4.69) is 58.7 Å². The molecule has 0 N–H and O–H groups in total. The lowest BCUT2D eigenvalue weighted by molar-refractivity contribution is -2.00. The summed E-state index contributed by atoms with van der Waals surface area (Å²) in [5, 5.41) is 0. The third kappa shape index (κ3) is 6.98. The zero-order valence-electron chi connectivity index (χ0n) is 8.49. The Hall–Kier alpha value is 0.01000. The van der Waals surface area contributed by atoms with Gasteiger partial charge in [-0.3, -0.25) is 0 Å². The zero-order valence-corrected chi connectivity index (χ0v) is 11.4. The van der Waals surface area contributed by atoms with Crippen molar-refractivity contribution in [2.24, 2.45) is 0 Å². The van der Waals surface area contributed by atoms with Crippen molar-refractivity contribution in [3.63, 3.8) is 0 Å². The lowest BCUT2D eigenvalue weighted by Gasteiger charge is -2.17. The summed E-state index contributed by atoms with van der Waals surface area (Å²) in [7, 11) is -4.94. The number of hydrogen-bond acceptors (Lipinski definition) is 4. The maximum atomic E-state index is 8.49. The van der Waals surface area contributed by atoms with Gasteiger partial charge in [0.2, 0.25) is 0 Å². The van der Waals surface area contributed by atoms with Crippen LogP contribution in [0, 0.1) is 31.0 Å². The van der Waals surface area contributed by atoms with Gasteiger partial charge in [-0.15, -0.1) is 13.0 Å². The molecule has 0 unspecified atom stereocenters. The van der Waals surface area contributed by atoms with E-state index in [1.165, 1.54) is 16.8 Å². The van der Waals surface area contributed by atoms with E-state index in [1.54, 1.807) is 0 Å². The predicted octanol–water partition coefficient (Wildman–Crippen LogP) is -2.66. The fourth-order valence-corrected chi connectivity index (χ4v) is 1.38. The average molecular weight is 348 g/mol. The molecule has 1 aromatic rings. The van der Waals surface area contributed by atoms with Gasteiger partial charge < -0.3 is 0 Å². The second-order valence-corrected chi connectivity index (χ2v) is 4.69. The molecule has 0 bridgehead atoms. The van der Waals surface area contributed by atoms with E-state index in [9.17, 15) is 0 Å². The molecule has 86 valence electrons. The van der Waals surface area contributed by atoms with E-state index >= 15 is 0 Å². The third-order valence-corrected chi connectivity index (χ3v) is 2.96. The maximum Gasteiger partial charge on any atom is 0.354 e. The summed E-state index contributed by atoms with van der Waals surface area (Å²) >= 11 is 2.28. The van der Waals surface area contributed by atoms with Crippen LogP contribution in [0.15, 0.2) is 12.3 Å². The monoisotopic (exact) mass is 347 g/mol. The standard InChI is InChI=1S/C8H11IN.ClHO4/c1-6-4-5-10(9)8(3)7(6)2;2-1(3,4)5/h4-5H,1-3H3;(H,2,3,4,5)/q+1;/p-1. The number of nitrogens with zero attached hydrogens (tertiary/aromatic N) is 1. The van der Waals surface area contributed by atoms with Crippen molar-refractivity contribution < 1.29 is 31.7 Å². The maximum absolute atomic E-state index is 8.49. The van der Waals surface area contributed by atoms with Crippen LogP contribution in [-0.4, -0.2) is 0 Å². The highest BCUT2D eigenvalue weighted by Crippen LogP contribution is 2.07. The molecule has 0 fully saturated rings. The van der Waals surface area contributed by atoms with Gasteiger partial charge in [-0.25, -0.2) is 18.6 Å². The normalized spacial score (nSPS) is 10.7. The molecule has 0 aliphatic rings. The molecule has 1 heterocycles. The first kappa shape index (κ1) is 15.0. The van der Waals surface area contributed by atoms with E-state index in [1.807, 2.05) is 0 Å². The summed E-state index contributed by atoms with van der Waals surface area (Å²) < 4.78 is 36.1. The average Bonchev–Trinajstić information content (AvgIpc) is 2.05. The molecule has 0 radical (unpaired) electrons. The highest BCUT2D eigenvalue weighted by atomic mass is 127. The van der Waals surface area contributed by atoms with Crippen molar-refractivity contribution in [3.8, 4) is 0 Å². The van der Waals surface area contributed by atoms with Crippen molar-refractivity contribution in [2.75, 3.05) is 0 Å². The van der Waals surface area contributed by atoms with Crippen LogP contribution in [0.4, 0.5) is 0 Å². The Balaban J connectivity index is 0.000000336. The van der Waals surface area contributed by atoms with Gasteiger partial charge in [-0.05, 0) is 19.4 Å². The molecule has 0 saturated heterocycles. The van der Waals surface area contributed by atoms with Crippen LogP contribution < -0.4 is 21.4 Å². The van der Waals surface area contributed by atoms with Crippen molar-refractivity contribution in [2.45, 2.75) is 20.8 Å². The Morgan fingerprint density at radius 3 is 1.87 bits per heavy atom. The second-order valence-electron chi connectivity index (χ2n) is 2.90. The predicted molar refractivity (Wildman–Crippen MR) is 50.3 cm³/mol. The highest BCUT2D eigenvalue weighted by molar-refractivity contribution is 14.1. The summed E-state index contributed by atoms with van der Waals surface area (Å²) in [6.07, 6.45) is 2.08. The molecular weight excluding hydrogens is 336 g/mol. The van der Waals surface area contributed by atoms with Gasteiger partial charge in [0.25, 0.3) is 0 Å². The highest BCUT2D eigenvalue weighted by Gasteiger charge is 2.06. The van der Waals surface area contributed by atoms with Gasteiger partial charge in [0.15, 0.2) is 11.9 Å². The van der Waals surface area contributed by atoms with Crippen molar-refractivity contribution in [3.05, 3.63) is 29.1 Å². The number of aryl methyl sites for hydroxylation is 1. The van der Waals surface area contributed by atoms with Crippen molar-refractivity contribution in [1.82, 2.24) is 0 Å². The lowest BCUT2D eigenvalue weighted by Crippen LogP contribution is -2.68. The summed E-state index contributed by atoms with van der Waals surface area (Å²) in [5.41, 5.74) is 4.09. The van der Waals surface area contributed by atoms with Crippen LogP contribution in [0.2, 0.25) is 0 Å². The number of pyridine rings is 1. The summed E-state index contributed by atoms with van der Waals surface area (Å²) in [5.74, 6) is 0. The number of halogens is 2. The molecule has 0 aromatic carbocycles. The summed E-state index contributed by atoms with van der Waals surface area (Å²) in [4.78, 5) is 0. The number of rotatable bonds is 0. The molecule has 1 aromatic heterocycles. The smallest absolute Gasteiger partial charge is 0.222 e. The lowest BCUT2D eigenvalue weighted by atomic mass is 10.1. The number of aromatic nitrogens is 1. The van der Waals surface area contributed by atoms with E-state index in [-0.39, 0.29) is 0 Å². The molecular formula is C8H11ClINO4. The van der Waals surface area contributed by atoms with Gasteiger partial charge in [0.05, 0.1) is 0 Å². The minimum atomic E-state index is -4.94. The van der Waals surface area contributed by atoms with E-state index in [0.29, 0.717) is 0 Å². The summed E-state index contributed by atoms with van der Waals surface area (Å²) in [6, 6.07) is 2.13. The Morgan fingerprint density at radius 2 is 1.53 bits per heavy atom. The topological polar surface area (TPSA) is 96.1 Å². The van der Waals surface area contributed by atoms with Gasteiger partial charge in [-0.2, -0.15) is 0 Å². The SMILES string of the molecule is Cc1cc[n+](I)c(C)c1C.[O-][Cl+3]([O-])([O-])[O-]. The molecule has 0 aliphatic carbocycles. The van der Waals surface area contributed by atoms with E-state index in [0.717, 1.165) is 0 Å². The van der Waals surface area contributed by atoms with Crippen LogP contribution >= 0.6 is 22.9 Å². The minimum absolute atomic E-state index is 1.33. The molecule has 15 heavy (non-hydrogen) atoms. The Kier molecular flexibility index (Phi) is 5.93. The molecule has 7 heteroatoms. The van der Waals surface area contributed by atoms with E-state index < -0.39 is 10.2 Å². The van der Waals surface area contributed by atoms with Gasteiger partial charge >= 0.3 is 22.9 Å². The zero-order chi connectivity index (χ0) is 12.2. The van der Waals surface area contributed by atoms with Gasteiger partial charge in [-0.1, -0.05) is 0 Å². The van der Waals surface area contributed by atoms with Crippen LogP contribution in [0.3, 0.4) is 0 Å². The quantitative estimate of drug-likeness (QED) is 0.479. The van der Waals surface area contributed by atoms with Crippen molar-refractivity contribution in [1.29, 1.82) is 0 Å². The van der Waals surface area contributed by atoms with Gasteiger partial charge in [0, 0.05) is 18.6 Å². The van der Waals surface area contributed by atoms with Gasteiger partial charge in [0.1, 0.15) is 0 Å². The van der Waals surface area contributed by atoms with E-state index in [4.69, 9.17) is 18.6 Å². The minimum Gasteiger partial charge on any atom is -0.222 e. The molecule has 0 saturated carbocycles. The Labute approximate surface area is 104 Å². The summed E-state index contributed by atoms with van der Waals surface area (Å²) in [6.45, 7) is 6.42. The molecule has 0 aliphatic heterocycles. The van der Waals surface area contributed by atoms with Crippen LogP contribution in [0.5, 0.6) is 0 Å². The fourth-order valence-electron chi connectivity index (χ4n) is 0.860. The second kappa shape index (κ2) is 5.92. The third-order valence-electron chi connectivity index (χ3n) is 1.91. The fraction of sp³-hybridized carbons (Fsp3) is 0.375. The Bertz CT molecular complexity index is 307.